The average Bonchev–Trinajstić information content (AvgIpc) is 2.73. The van der Waals surface area contributed by atoms with Gasteiger partial charge >= 0.3 is 0 Å². The van der Waals surface area contributed by atoms with E-state index in [2.05, 4.69) is 5.32 Å². The second-order valence-corrected chi connectivity index (χ2v) is 8.09. The number of thiophene rings is 1. The number of carbonyl (C=O) groups is 1. The summed E-state index contributed by atoms with van der Waals surface area (Å²) in [7, 11) is -3.29. The monoisotopic (exact) mass is 304 g/mol. The zero-order valence-corrected chi connectivity index (χ0v) is 13.3. The summed E-state index contributed by atoms with van der Waals surface area (Å²) in [6.45, 7) is 6.04. The molecule has 0 saturated heterocycles. The van der Waals surface area contributed by atoms with Gasteiger partial charge in [-0.25, -0.2) is 8.42 Å². The SMILES string of the molecule is CC(C)(C)N(CCNC(=O)c1cccs1)S(C)(=O)=O. The van der Waals surface area contributed by atoms with Crippen molar-refractivity contribution >= 4 is 27.3 Å². The van der Waals surface area contributed by atoms with E-state index in [0.29, 0.717) is 11.4 Å². The van der Waals surface area contributed by atoms with Crippen LogP contribution < -0.4 is 5.32 Å². The van der Waals surface area contributed by atoms with Crippen molar-refractivity contribution in [1.82, 2.24) is 9.62 Å². The number of hydrogen-bond donors (Lipinski definition) is 1. The highest BCUT2D eigenvalue weighted by Crippen LogP contribution is 2.16. The van der Waals surface area contributed by atoms with E-state index in [9.17, 15) is 13.2 Å². The fraction of sp³-hybridized carbons (Fsp3) is 0.583. The maximum atomic E-state index is 11.7. The molecule has 0 spiro atoms. The van der Waals surface area contributed by atoms with Gasteiger partial charge in [-0.1, -0.05) is 6.07 Å². The molecule has 0 saturated carbocycles. The van der Waals surface area contributed by atoms with Crippen LogP contribution in [-0.4, -0.2) is 43.5 Å². The number of rotatable bonds is 5. The summed E-state index contributed by atoms with van der Waals surface area (Å²) in [5, 5.41) is 4.55. The normalized spacial score (nSPS) is 12.7. The quantitative estimate of drug-likeness (QED) is 0.897. The Bertz CT molecular complexity index is 516. The van der Waals surface area contributed by atoms with Crippen molar-refractivity contribution in [2.75, 3.05) is 19.3 Å². The van der Waals surface area contributed by atoms with Crippen LogP contribution >= 0.6 is 11.3 Å². The molecule has 0 aromatic carbocycles. The third-order valence-electron chi connectivity index (χ3n) is 2.49. The molecule has 1 N–H and O–H groups in total. The fourth-order valence-electron chi connectivity index (χ4n) is 1.76. The average molecular weight is 304 g/mol. The third kappa shape index (κ3) is 4.93. The van der Waals surface area contributed by atoms with Crippen LogP contribution in [0.1, 0.15) is 30.4 Å². The van der Waals surface area contributed by atoms with Crippen molar-refractivity contribution in [3.63, 3.8) is 0 Å². The van der Waals surface area contributed by atoms with E-state index in [4.69, 9.17) is 0 Å². The van der Waals surface area contributed by atoms with Gasteiger partial charge in [-0.2, -0.15) is 4.31 Å². The zero-order valence-electron chi connectivity index (χ0n) is 11.6. The maximum absolute atomic E-state index is 11.7. The minimum atomic E-state index is -3.29. The Balaban J connectivity index is 2.57. The first-order valence-electron chi connectivity index (χ1n) is 5.92. The third-order valence-corrected chi connectivity index (χ3v) is 4.89. The molecule has 0 fully saturated rings. The van der Waals surface area contributed by atoms with Crippen LogP contribution in [-0.2, 0) is 10.0 Å². The Hall–Kier alpha value is -0.920. The minimum Gasteiger partial charge on any atom is -0.350 e. The molecule has 5 nitrogen and oxygen atoms in total. The summed E-state index contributed by atoms with van der Waals surface area (Å²) in [5.74, 6) is -0.169. The molecule has 0 aliphatic heterocycles. The summed E-state index contributed by atoms with van der Waals surface area (Å²) < 4.78 is 24.8. The van der Waals surface area contributed by atoms with Crippen molar-refractivity contribution in [3.8, 4) is 0 Å². The lowest BCUT2D eigenvalue weighted by Gasteiger charge is -2.33. The highest BCUT2D eigenvalue weighted by atomic mass is 32.2. The van der Waals surface area contributed by atoms with Crippen LogP contribution in [0.25, 0.3) is 0 Å². The number of sulfonamides is 1. The lowest BCUT2D eigenvalue weighted by atomic mass is 10.1. The van der Waals surface area contributed by atoms with E-state index >= 15 is 0 Å². The highest BCUT2D eigenvalue weighted by molar-refractivity contribution is 7.88. The van der Waals surface area contributed by atoms with E-state index < -0.39 is 15.6 Å². The van der Waals surface area contributed by atoms with E-state index in [0.717, 1.165) is 0 Å². The molecule has 1 heterocycles. The van der Waals surface area contributed by atoms with Gasteiger partial charge in [0, 0.05) is 18.6 Å². The molecule has 7 heteroatoms. The van der Waals surface area contributed by atoms with Gasteiger partial charge in [-0.05, 0) is 32.2 Å². The van der Waals surface area contributed by atoms with Crippen molar-refractivity contribution in [2.45, 2.75) is 26.3 Å². The molecule has 1 aromatic rings. The Labute approximate surface area is 118 Å². The van der Waals surface area contributed by atoms with Crippen LogP contribution in [0.15, 0.2) is 17.5 Å². The molecule has 1 amide bonds. The second-order valence-electron chi connectivity index (χ2n) is 5.24. The predicted molar refractivity (Wildman–Crippen MR) is 78.0 cm³/mol. The van der Waals surface area contributed by atoms with Crippen molar-refractivity contribution < 1.29 is 13.2 Å². The Morgan fingerprint density at radius 1 is 1.42 bits per heavy atom. The van der Waals surface area contributed by atoms with Gasteiger partial charge in [0.1, 0.15) is 0 Å². The number of nitrogens with one attached hydrogen (secondary N) is 1. The Kier molecular flexibility index (Phi) is 5.11. The number of amides is 1. The first-order chi connectivity index (χ1) is 8.62. The molecule has 1 rings (SSSR count). The van der Waals surface area contributed by atoms with E-state index in [1.165, 1.54) is 21.9 Å². The van der Waals surface area contributed by atoms with Gasteiger partial charge in [0.05, 0.1) is 11.1 Å². The smallest absolute Gasteiger partial charge is 0.261 e. The molecule has 0 bridgehead atoms. The second kappa shape index (κ2) is 6.02. The van der Waals surface area contributed by atoms with Gasteiger partial charge in [-0.15, -0.1) is 11.3 Å². The topological polar surface area (TPSA) is 66.5 Å². The summed E-state index contributed by atoms with van der Waals surface area (Å²) in [6.07, 6.45) is 1.18. The summed E-state index contributed by atoms with van der Waals surface area (Å²) in [6, 6.07) is 3.54. The molecule has 108 valence electrons. The van der Waals surface area contributed by atoms with Gasteiger partial charge in [0.2, 0.25) is 10.0 Å². The van der Waals surface area contributed by atoms with E-state index in [-0.39, 0.29) is 12.5 Å². The fourth-order valence-corrected chi connectivity index (χ4v) is 3.82. The number of carbonyl (C=O) groups excluding carboxylic acids is 1. The van der Waals surface area contributed by atoms with Crippen LogP contribution in [0.4, 0.5) is 0 Å². The molecule has 0 aliphatic carbocycles. The van der Waals surface area contributed by atoms with E-state index in [1.54, 1.807) is 12.1 Å². The molecular weight excluding hydrogens is 284 g/mol. The van der Waals surface area contributed by atoms with Gasteiger partial charge in [0.15, 0.2) is 0 Å². The van der Waals surface area contributed by atoms with Crippen LogP contribution in [0.5, 0.6) is 0 Å². The predicted octanol–water partition coefficient (Wildman–Crippen LogP) is 1.54. The summed E-state index contributed by atoms with van der Waals surface area (Å²) in [4.78, 5) is 12.3. The summed E-state index contributed by atoms with van der Waals surface area (Å²) >= 11 is 1.36. The standard InChI is InChI=1S/C12H20N2O3S2/c1-12(2,3)14(19(4,16)17)8-7-13-11(15)10-6-5-9-18-10/h5-6,9H,7-8H2,1-4H3,(H,13,15). The molecular formula is C12H20N2O3S2. The van der Waals surface area contributed by atoms with Crippen LogP contribution in [0.3, 0.4) is 0 Å². The van der Waals surface area contributed by atoms with Gasteiger partial charge < -0.3 is 5.32 Å². The molecule has 19 heavy (non-hydrogen) atoms. The summed E-state index contributed by atoms with van der Waals surface area (Å²) in [5.41, 5.74) is -0.499. The van der Waals surface area contributed by atoms with Crippen molar-refractivity contribution in [3.05, 3.63) is 22.4 Å². The maximum Gasteiger partial charge on any atom is 0.261 e. The van der Waals surface area contributed by atoms with E-state index in [1.807, 2.05) is 26.2 Å². The Morgan fingerprint density at radius 2 is 2.05 bits per heavy atom. The van der Waals surface area contributed by atoms with Crippen molar-refractivity contribution in [1.29, 1.82) is 0 Å². The van der Waals surface area contributed by atoms with Gasteiger partial charge in [-0.3, -0.25) is 4.79 Å². The Morgan fingerprint density at radius 3 is 2.47 bits per heavy atom. The lowest BCUT2D eigenvalue weighted by molar-refractivity contribution is 0.0952. The minimum absolute atomic E-state index is 0.169. The zero-order chi connectivity index (χ0) is 14.7. The molecule has 0 radical (unpaired) electrons. The molecule has 0 aliphatic rings. The first-order valence-corrected chi connectivity index (χ1v) is 8.64. The largest absolute Gasteiger partial charge is 0.350 e. The highest BCUT2D eigenvalue weighted by Gasteiger charge is 2.28. The number of hydrogen-bond acceptors (Lipinski definition) is 4. The van der Waals surface area contributed by atoms with Crippen molar-refractivity contribution in [2.24, 2.45) is 0 Å². The number of nitrogens with zero attached hydrogens (tertiary/aromatic N) is 1. The molecule has 1 aromatic heterocycles. The molecule has 0 atom stereocenters. The lowest BCUT2D eigenvalue weighted by Crippen LogP contribution is -2.48. The van der Waals surface area contributed by atoms with Crippen LogP contribution in [0.2, 0.25) is 0 Å². The molecule has 0 unspecified atom stereocenters. The van der Waals surface area contributed by atoms with Gasteiger partial charge in [0.25, 0.3) is 5.91 Å². The van der Waals surface area contributed by atoms with Crippen LogP contribution in [0, 0.1) is 0 Å². The first kappa shape index (κ1) is 16.1.